The monoisotopic (exact) mass is 159 g/mol. The number of terminal acetylenes is 1. The fourth-order valence-corrected chi connectivity index (χ4v) is 0.579. The van der Waals surface area contributed by atoms with Gasteiger partial charge in [-0.3, -0.25) is 0 Å². The molecule has 0 saturated carbocycles. The average molecular weight is 159 g/mol. The molecule has 4 nitrogen and oxygen atoms in total. The summed E-state index contributed by atoms with van der Waals surface area (Å²) < 4.78 is 4.89. The van der Waals surface area contributed by atoms with Crippen LogP contribution in [0.2, 0.25) is 0 Å². The number of nitrogens with zero attached hydrogens (tertiary/aromatic N) is 3. The van der Waals surface area contributed by atoms with Gasteiger partial charge in [0.1, 0.15) is 11.8 Å². The van der Waals surface area contributed by atoms with E-state index in [0.717, 1.165) is 0 Å². The van der Waals surface area contributed by atoms with Crippen molar-refractivity contribution in [2.24, 2.45) is 0 Å². The fourth-order valence-electron chi connectivity index (χ4n) is 0.579. The van der Waals surface area contributed by atoms with Crippen LogP contribution < -0.4 is 4.74 Å². The van der Waals surface area contributed by atoms with Crippen LogP contribution in [0.4, 0.5) is 0 Å². The molecule has 0 radical (unpaired) electrons. The van der Waals surface area contributed by atoms with E-state index in [-0.39, 0.29) is 18.3 Å². The lowest BCUT2D eigenvalue weighted by molar-refractivity contribution is 0.339. The smallest absolute Gasteiger partial charge is 0.318 e. The molecule has 58 valence electrons. The van der Waals surface area contributed by atoms with Crippen molar-refractivity contribution in [1.29, 1.82) is 5.26 Å². The zero-order valence-corrected chi connectivity index (χ0v) is 6.19. The molecule has 0 aliphatic heterocycles. The average Bonchev–Trinajstić information content (AvgIpc) is 2.15. The van der Waals surface area contributed by atoms with Gasteiger partial charge in [0.05, 0.1) is 0 Å². The van der Waals surface area contributed by atoms with E-state index in [4.69, 9.17) is 16.4 Å². The number of hydrogen-bond donors (Lipinski definition) is 0. The molecule has 0 saturated heterocycles. The van der Waals surface area contributed by atoms with Crippen molar-refractivity contribution in [2.45, 2.75) is 0 Å². The molecule has 1 heterocycles. The van der Waals surface area contributed by atoms with Gasteiger partial charge >= 0.3 is 6.01 Å². The van der Waals surface area contributed by atoms with Crippen molar-refractivity contribution >= 4 is 0 Å². The first-order chi connectivity index (χ1) is 5.86. The minimum Gasteiger partial charge on any atom is -0.450 e. The van der Waals surface area contributed by atoms with E-state index in [1.165, 1.54) is 12.3 Å². The van der Waals surface area contributed by atoms with E-state index in [1.807, 2.05) is 6.07 Å². The highest BCUT2D eigenvalue weighted by Gasteiger charge is 1.96. The molecule has 0 amide bonds. The molecule has 1 rings (SSSR count). The van der Waals surface area contributed by atoms with E-state index in [2.05, 4.69) is 15.9 Å². The SMILES string of the molecule is C#CCOc1nccc(C#N)n1. The molecule has 0 N–H and O–H groups in total. The van der Waals surface area contributed by atoms with E-state index < -0.39 is 0 Å². The maximum absolute atomic E-state index is 8.45. The normalized spacial score (nSPS) is 8.17. The Morgan fingerprint density at radius 3 is 3.17 bits per heavy atom. The first kappa shape index (κ1) is 8.03. The lowest BCUT2D eigenvalue weighted by Crippen LogP contribution is -1.99. The van der Waals surface area contributed by atoms with Gasteiger partial charge in [0, 0.05) is 6.20 Å². The van der Waals surface area contributed by atoms with Gasteiger partial charge in [-0.15, -0.1) is 6.42 Å². The molecule has 0 aliphatic carbocycles. The minimum atomic E-state index is 0.106. The second kappa shape index (κ2) is 3.95. The molecular weight excluding hydrogens is 154 g/mol. The zero-order valence-electron chi connectivity index (χ0n) is 6.19. The van der Waals surface area contributed by atoms with Gasteiger partial charge in [0.25, 0.3) is 0 Å². The number of nitriles is 1. The number of rotatable bonds is 2. The maximum atomic E-state index is 8.45. The Hall–Kier alpha value is -2.07. The molecule has 0 aromatic carbocycles. The summed E-state index contributed by atoms with van der Waals surface area (Å²) in [6.45, 7) is 0.106. The molecule has 1 aromatic rings. The van der Waals surface area contributed by atoms with Crippen LogP contribution >= 0.6 is 0 Å². The predicted molar refractivity (Wildman–Crippen MR) is 41.1 cm³/mol. The molecule has 12 heavy (non-hydrogen) atoms. The summed E-state index contributed by atoms with van der Waals surface area (Å²) in [5, 5.41) is 8.45. The quantitative estimate of drug-likeness (QED) is 0.584. The van der Waals surface area contributed by atoms with Gasteiger partial charge in [-0.2, -0.15) is 10.2 Å². The third kappa shape index (κ3) is 1.96. The lowest BCUT2D eigenvalue weighted by Gasteiger charge is -1.97. The van der Waals surface area contributed by atoms with E-state index in [9.17, 15) is 0 Å². The second-order valence-corrected chi connectivity index (χ2v) is 1.83. The van der Waals surface area contributed by atoms with Crippen LogP contribution in [0.5, 0.6) is 6.01 Å². The third-order valence-electron chi connectivity index (χ3n) is 1.03. The Morgan fingerprint density at radius 1 is 1.67 bits per heavy atom. The zero-order chi connectivity index (χ0) is 8.81. The van der Waals surface area contributed by atoms with Crippen molar-refractivity contribution < 1.29 is 4.74 Å². The summed E-state index contributed by atoms with van der Waals surface area (Å²) in [5.74, 6) is 2.27. The number of hydrogen-bond acceptors (Lipinski definition) is 4. The fraction of sp³-hybridized carbons (Fsp3) is 0.125. The van der Waals surface area contributed by atoms with E-state index in [0.29, 0.717) is 0 Å². The van der Waals surface area contributed by atoms with E-state index >= 15 is 0 Å². The van der Waals surface area contributed by atoms with Crippen LogP contribution in [-0.2, 0) is 0 Å². The molecule has 0 fully saturated rings. The highest BCUT2D eigenvalue weighted by molar-refractivity contribution is 5.19. The Balaban J connectivity index is 2.76. The Kier molecular flexibility index (Phi) is 2.64. The van der Waals surface area contributed by atoms with Gasteiger partial charge in [0.2, 0.25) is 0 Å². The molecule has 0 aliphatic rings. The van der Waals surface area contributed by atoms with Gasteiger partial charge in [-0.05, 0) is 6.07 Å². The van der Waals surface area contributed by atoms with Crippen molar-refractivity contribution in [3.8, 4) is 24.4 Å². The minimum absolute atomic E-state index is 0.106. The summed E-state index contributed by atoms with van der Waals surface area (Å²) in [4.78, 5) is 7.48. The van der Waals surface area contributed by atoms with Crippen molar-refractivity contribution in [2.75, 3.05) is 6.61 Å². The standard InChI is InChI=1S/C8H5N3O/c1-2-5-12-8-10-4-3-7(6-9)11-8/h1,3-4H,5H2. The van der Waals surface area contributed by atoms with Crippen molar-refractivity contribution in [3.05, 3.63) is 18.0 Å². The molecule has 0 spiro atoms. The summed E-state index contributed by atoms with van der Waals surface area (Å²) in [6, 6.07) is 3.48. The molecular formula is C8H5N3O. The summed E-state index contributed by atoms with van der Waals surface area (Å²) in [7, 11) is 0. The summed E-state index contributed by atoms with van der Waals surface area (Å²) in [6.07, 6.45) is 6.39. The Morgan fingerprint density at radius 2 is 2.50 bits per heavy atom. The topological polar surface area (TPSA) is 58.8 Å². The molecule has 0 bridgehead atoms. The molecule has 4 heteroatoms. The van der Waals surface area contributed by atoms with Gasteiger partial charge in [-0.1, -0.05) is 5.92 Å². The van der Waals surface area contributed by atoms with Gasteiger partial charge in [-0.25, -0.2) is 4.98 Å². The van der Waals surface area contributed by atoms with Crippen LogP contribution in [0.15, 0.2) is 12.3 Å². The predicted octanol–water partition coefficient (Wildman–Crippen LogP) is 0.360. The Bertz CT molecular complexity index is 348. The molecule has 1 aromatic heterocycles. The van der Waals surface area contributed by atoms with Crippen molar-refractivity contribution in [1.82, 2.24) is 9.97 Å². The highest BCUT2D eigenvalue weighted by atomic mass is 16.5. The second-order valence-electron chi connectivity index (χ2n) is 1.83. The van der Waals surface area contributed by atoms with Gasteiger partial charge < -0.3 is 4.74 Å². The third-order valence-corrected chi connectivity index (χ3v) is 1.03. The van der Waals surface area contributed by atoms with Crippen LogP contribution in [-0.4, -0.2) is 16.6 Å². The first-order valence-corrected chi connectivity index (χ1v) is 3.16. The van der Waals surface area contributed by atoms with Crippen LogP contribution in [0.25, 0.3) is 0 Å². The Labute approximate surface area is 69.8 Å². The number of aromatic nitrogens is 2. The largest absolute Gasteiger partial charge is 0.450 e. The van der Waals surface area contributed by atoms with Crippen LogP contribution in [0.3, 0.4) is 0 Å². The summed E-state index contributed by atoms with van der Waals surface area (Å²) >= 11 is 0. The van der Waals surface area contributed by atoms with Crippen LogP contribution in [0, 0.1) is 23.7 Å². The maximum Gasteiger partial charge on any atom is 0.318 e. The van der Waals surface area contributed by atoms with Crippen molar-refractivity contribution in [3.63, 3.8) is 0 Å². The number of ether oxygens (including phenoxy) is 1. The molecule has 0 atom stereocenters. The first-order valence-electron chi connectivity index (χ1n) is 3.16. The molecule has 0 unspecified atom stereocenters. The summed E-state index contributed by atoms with van der Waals surface area (Å²) in [5.41, 5.74) is 0.261. The highest BCUT2D eigenvalue weighted by Crippen LogP contribution is 2.00. The van der Waals surface area contributed by atoms with E-state index in [1.54, 1.807) is 0 Å². The van der Waals surface area contributed by atoms with Crippen LogP contribution in [0.1, 0.15) is 5.69 Å². The lowest BCUT2D eigenvalue weighted by atomic mass is 10.4. The van der Waals surface area contributed by atoms with Gasteiger partial charge in [0.15, 0.2) is 6.61 Å².